The first kappa shape index (κ1) is 32.3. The van der Waals surface area contributed by atoms with Gasteiger partial charge in [-0.1, -0.05) is 74.5 Å². The third-order valence-electron chi connectivity index (χ3n) is 6.00. The molecule has 0 spiro atoms. The lowest BCUT2D eigenvalue weighted by Crippen LogP contribution is -2.56. The van der Waals surface area contributed by atoms with E-state index >= 15 is 0 Å². The Balaban J connectivity index is 2.20. The number of alkyl carbamates (subject to hydrolysis) is 1. The SMILES string of the molecule is COC(=O)C(Cc1ccccc1)NC(=O)C(CC(C)C)NC(=O)C(CCc1ccccc1)NC(=O)OC(C)(C)C. The lowest BCUT2D eigenvalue weighted by Gasteiger charge is -2.27. The molecule has 9 heteroatoms. The van der Waals surface area contributed by atoms with E-state index < -0.39 is 47.6 Å². The number of hydrogen-bond donors (Lipinski definition) is 3. The summed E-state index contributed by atoms with van der Waals surface area (Å²) >= 11 is 0. The Kier molecular flexibility index (Phi) is 12.6. The van der Waals surface area contributed by atoms with Gasteiger partial charge in [0.25, 0.3) is 0 Å². The van der Waals surface area contributed by atoms with Crippen molar-refractivity contribution < 1.29 is 28.7 Å². The number of nitrogens with one attached hydrogen (secondary N) is 3. The lowest BCUT2D eigenvalue weighted by molar-refractivity contribution is -0.145. The predicted molar refractivity (Wildman–Crippen MR) is 153 cm³/mol. The maximum Gasteiger partial charge on any atom is 0.408 e. The summed E-state index contributed by atoms with van der Waals surface area (Å²) in [5, 5.41) is 8.22. The van der Waals surface area contributed by atoms with Crippen LogP contribution in [0.2, 0.25) is 0 Å². The summed E-state index contributed by atoms with van der Waals surface area (Å²) in [6, 6.07) is 16.1. The summed E-state index contributed by atoms with van der Waals surface area (Å²) in [5.74, 6) is -1.55. The van der Waals surface area contributed by atoms with Crippen LogP contribution in [-0.2, 0) is 36.7 Å². The summed E-state index contributed by atoms with van der Waals surface area (Å²) in [5.41, 5.74) is 1.11. The molecular weight excluding hydrogens is 510 g/mol. The van der Waals surface area contributed by atoms with E-state index in [0.29, 0.717) is 19.3 Å². The number of carbonyl (C=O) groups excluding carboxylic acids is 4. The van der Waals surface area contributed by atoms with Gasteiger partial charge >= 0.3 is 12.1 Å². The van der Waals surface area contributed by atoms with Crippen LogP contribution >= 0.6 is 0 Å². The Labute approximate surface area is 237 Å². The van der Waals surface area contributed by atoms with Crippen LogP contribution in [0.1, 0.15) is 58.6 Å². The van der Waals surface area contributed by atoms with E-state index in [1.54, 1.807) is 20.8 Å². The highest BCUT2D eigenvalue weighted by Crippen LogP contribution is 2.12. The van der Waals surface area contributed by atoms with Crippen LogP contribution in [0.4, 0.5) is 4.79 Å². The fraction of sp³-hybridized carbons (Fsp3) is 0.484. The van der Waals surface area contributed by atoms with Crippen molar-refractivity contribution >= 4 is 23.9 Å². The van der Waals surface area contributed by atoms with Gasteiger partial charge in [-0.25, -0.2) is 9.59 Å². The van der Waals surface area contributed by atoms with Crippen molar-refractivity contribution in [1.29, 1.82) is 0 Å². The molecule has 0 aliphatic rings. The number of methoxy groups -OCH3 is 1. The van der Waals surface area contributed by atoms with Crippen LogP contribution in [0.3, 0.4) is 0 Å². The van der Waals surface area contributed by atoms with Gasteiger partial charge in [-0.2, -0.15) is 0 Å². The van der Waals surface area contributed by atoms with Crippen LogP contribution < -0.4 is 16.0 Å². The zero-order valence-corrected chi connectivity index (χ0v) is 24.4. The minimum atomic E-state index is -0.946. The molecule has 2 aromatic carbocycles. The Morgan fingerprint density at radius 2 is 1.27 bits per heavy atom. The Morgan fingerprint density at radius 1 is 0.750 bits per heavy atom. The van der Waals surface area contributed by atoms with Crippen molar-refractivity contribution in [3.63, 3.8) is 0 Å². The monoisotopic (exact) mass is 553 g/mol. The first-order valence-electron chi connectivity index (χ1n) is 13.6. The highest BCUT2D eigenvalue weighted by atomic mass is 16.6. The molecule has 2 rings (SSSR count). The Bertz CT molecular complexity index is 1100. The molecule has 3 N–H and O–H groups in total. The summed E-state index contributed by atoms with van der Waals surface area (Å²) in [6.07, 6.45) is 0.663. The van der Waals surface area contributed by atoms with Gasteiger partial charge in [-0.05, 0) is 57.1 Å². The van der Waals surface area contributed by atoms with Gasteiger partial charge in [0.2, 0.25) is 11.8 Å². The smallest absolute Gasteiger partial charge is 0.408 e. The van der Waals surface area contributed by atoms with Crippen LogP contribution in [0.25, 0.3) is 0 Å². The first-order valence-corrected chi connectivity index (χ1v) is 13.6. The average molecular weight is 554 g/mol. The zero-order valence-electron chi connectivity index (χ0n) is 24.4. The number of amides is 3. The van der Waals surface area contributed by atoms with Crippen molar-refractivity contribution in [2.75, 3.05) is 7.11 Å². The molecule has 3 atom stereocenters. The van der Waals surface area contributed by atoms with Crippen LogP contribution in [-0.4, -0.2) is 54.7 Å². The van der Waals surface area contributed by atoms with Crippen LogP contribution in [0, 0.1) is 5.92 Å². The second-order valence-corrected chi connectivity index (χ2v) is 11.2. The summed E-state index contributed by atoms with van der Waals surface area (Å²) in [6.45, 7) is 9.07. The number of rotatable bonds is 13. The summed E-state index contributed by atoms with van der Waals surface area (Å²) in [4.78, 5) is 51.9. The van der Waals surface area contributed by atoms with Gasteiger partial charge in [0.1, 0.15) is 23.7 Å². The molecule has 2 aromatic rings. The van der Waals surface area contributed by atoms with Gasteiger partial charge in [-0.15, -0.1) is 0 Å². The average Bonchev–Trinajstić information content (AvgIpc) is 2.89. The first-order chi connectivity index (χ1) is 18.9. The molecular formula is C31H43N3O6. The van der Waals surface area contributed by atoms with Crippen LogP contribution in [0.15, 0.2) is 60.7 Å². The third kappa shape index (κ3) is 11.9. The molecule has 0 aromatic heterocycles. The molecule has 0 aliphatic heterocycles. The highest BCUT2D eigenvalue weighted by molar-refractivity contribution is 5.93. The van der Waals surface area contributed by atoms with E-state index in [2.05, 4.69) is 16.0 Å². The molecule has 9 nitrogen and oxygen atoms in total. The molecule has 218 valence electrons. The number of ether oxygens (including phenoxy) is 2. The maximum atomic E-state index is 13.5. The second-order valence-electron chi connectivity index (χ2n) is 11.2. The van der Waals surface area contributed by atoms with Crippen molar-refractivity contribution in [1.82, 2.24) is 16.0 Å². The van der Waals surface area contributed by atoms with E-state index in [-0.39, 0.29) is 12.3 Å². The van der Waals surface area contributed by atoms with Gasteiger partial charge in [0.05, 0.1) is 7.11 Å². The van der Waals surface area contributed by atoms with Crippen molar-refractivity contribution in [3.05, 3.63) is 71.8 Å². The summed E-state index contributed by atoms with van der Waals surface area (Å²) in [7, 11) is 1.26. The number of aryl methyl sites for hydroxylation is 1. The van der Waals surface area contributed by atoms with Gasteiger partial charge in [0, 0.05) is 6.42 Å². The van der Waals surface area contributed by atoms with Gasteiger partial charge < -0.3 is 25.4 Å². The largest absolute Gasteiger partial charge is 0.467 e. The number of carbonyl (C=O) groups is 4. The molecule has 3 amide bonds. The minimum absolute atomic E-state index is 0.0586. The van der Waals surface area contributed by atoms with Crippen molar-refractivity contribution in [3.8, 4) is 0 Å². The van der Waals surface area contributed by atoms with E-state index in [9.17, 15) is 19.2 Å². The molecule has 0 radical (unpaired) electrons. The molecule has 0 saturated heterocycles. The standard InChI is InChI=1S/C31H43N3O6/c1-21(2)19-25(28(36)33-26(29(37)39-6)20-23-15-11-8-12-16-23)32-27(35)24(34-30(38)40-31(3,4)5)18-17-22-13-9-7-10-14-22/h7-16,21,24-26H,17-20H2,1-6H3,(H,32,35)(H,33,36)(H,34,38). The molecule has 3 unspecified atom stereocenters. The third-order valence-corrected chi connectivity index (χ3v) is 6.00. The predicted octanol–water partition coefficient (Wildman–Crippen LogP) is 3.94. The number of hydrogen-bond acceptors (Lipinski definition) is 6. The maximum absolute atomic E-state index is 13.5. The molecule has 0 fully saturated rings. The lowest BCUT2D eigenvalue weighted by atomic mass is 10.00. The van der Waals surface area contributed by atoms with E-state index in [0.717, 1.165) is 11.1 Å². The Morgan fingerprint density at radius 3 is 1.80 bits per heavy atom. The summed E-state index contributed by atoms with van der Waals surface area (Å²) < 4.78 is 10.3. The molecule has 0 heterocycles. The van der Waals surface area contributed by atoms with Crippen LogP contribution in [0.5, 0.6) is 0 Å². The van der Waals surface area contributed by atoms with E-state index in [1.807, 2.05) is 74.5 Å². The molecule has 0 aliphatic carbocycles. The number of esters is 1. The molecule has 0 saturated carbocycles. The van der Waals surface area contributed by atoms with Gasteiger partial charge in [-0.3, -0.25) is 9.59 Å². The van der Waals surface area contributed by atoms with E-state index in [1.165, 1.54) is 7.11 Å². The van der Waals surface area contributed by atoms with Crippen molar-refractivity contribution in [2.45, 2.75) is 84.0 Å². The molecule has 40 heavy (non-hydrogen) atoms. The quantitative estimate of drug-likeness (QED) is 0.323. The minimum Gasteiger partial charge on any atom is -0.467 e. The van der Waals surface area contributed by atoms with E-state index in [4.69, 9.17) is 9.47 Å². The Hall–Kier alpha value is -3.88. The molecule has 0 bridgehead atoms. The normalized spacial score (nSPS) is 13.5. The van der Waals surface area contributed by atoms with Crippen molar-refractivity contribution in [2.24, 2.45) is 5.92 Å². The number of benzene rings is 2. The second kappa shape index (κ2) is 15.6. The fourth-order valence-electron chi connectivity index (χ4n) is 4.11. The van der Waals surface area contributed by atoms with Gasteiger partial charge in [0.15, 0.2) is 0 Å². The zero-order chi connectivity index (χ0) is 29.7. The topological polar surface area (TPSA) is 123 Å². The fourth-order valence-corrected chi connectivity index (χ4v) is 4.11. The highest BCUT2D eigenvalue weighted by Gasteiger charge is 2.31.